The van der Waals surface area contributed by atoms with Crippen molar-refractivity contribution in [1.29, 1.82) is 0 Å². The van der Waals surface area contributed by atoms with Gasteiger partial charge in [0, 0.05) is 28.4 Å². The fourth-order valence-electron chi connectivity index (χ4n) is 5.01. The van der Waals surface area contributed by atoms with Crippen LogP contribution in [0.4, 0.5) is 0 Å². The number of carboxylic acids is 1. The van der Waals surface area contributed by atoms with Crippen molar-refractivity contribution in [2.24, 2.45) is 17.8 Å². The fourth-order valence-corrected chi connectivity index (χ4v) is 7.40. The van der Waals surface area contributed by atoms with E-state index in [-0.39, 0.29) is 27.3 Å². The highest BCUT2D eigenvalue weighted by Crippen LogP contribution is 2.46. The first-order valence-electron chi connectivity index (χ1n) is 9.66. The molecule has 30 heavy (non-hydrogen) atoms. The van der Waals surface area contributed by atoms with Crippen LogP contribution in [0.15, 0.2) is 23.1 Å². The van der Waals surface area contributed by atoms with Crippen molar-refractivity contribution < 1.29 is 27.9 Å². The van der Waals surface area contributed by atoms with Crippen LogP contribution < -0.4 is 5.32 Å². The third-order valence-electron chi connectivity index (χ3n) is 6.32. The van der Waals surface area contributed by atoms with Crippen molar-refractivity contribution in [3.8, 4) is 0 Å². The lowest BCUT2D eigenvalue weighted by Crippen LogP contribution is -2.53. The summed E-state index contributed by atoms with van der Waals surface area (Å²) < 4.78 is 27.3. The largest absolute Gasteiger partial charge is 0.481 e. The molecule has 0 radical (unpaired) electrons. The number of hydrogen-bond donors (Lipinski definition) is 2. The minimum Gasteiger partial charge on any atom is -0.481 e. The van der Waals surface area contributed by atoms with Gasteiger partial charge in [-0.3, -0.25) is 14.4 Å². The lowest BCUT2D eigenvalue weighted by Gasteiger charge is -2.30. The van der Waals surface area contributed by atoms with Crippen molar-refractivity contribution in [2.45, 2.75) is 42.7 Å². The third-order valence-corrected chi connectivity index (χ3v) is 8.64. The second kappa shape index (κ2) is 7.78. The molecule has 2 saturated carbocycles. The number of ketones is 1. The monoisotopic (exact) mass is 474 g/mol. The number of nitrogens with zero attached hydrogens (tertiary/aromatic N) is 1. The molecule has 0 spiro atoms. The first-order chi connectivity index (χ1) is 14.1. The summed E-state index contributed by atoms with van der Waals surface area (Å²) in [5.41, 5.74) is 0. The number of carbonyl (C=O) groups excluding carboxylic acids is 2. The molecule has 2 N–H and O–H groups in total. The number of Topliss-reactive ketones (excluding diaryl/α,β-unsaturated/α-hetero) is 1. The van der Waals surface area contributed by atoms with Crippen LogP contribution in [-0.2, 0) is 24.4 Å². The Morgan fingerprint density at radius 3 is 2.33 bits per heavy atom. The number of halogens is 2. The van der Waals surface area contributed by atoms with Crippen molar-refractivity contribution in [3.63, 3.8) is 0 Å². The van der Waals surface area contributed by atoms with E-state index in [1.807, 2.05) is 0 Å². The zero-order valence-corrected chi connectivity index (χ0v) is 18.1. The van der Waals surface area contributed by atoms with E-state index in [2.05, 4.69) is 5.32 Å². The van der Waals surface area contributed by atoms with E-state index in [9.17, 15) is 27.9 Å². The zero-order valence-electron chi connectivity index (χ0n) is 15.8. The third kappa shape index (κ3) is 3.51. The molecule has 8 nitrogen and oxygen atoms in total. The second-order valence-corrected chi connectivity index (χ2v) is 10.7. The van der Waals surface area contributed by atoms with Crippen molar-refractivity contribution >= 4 is 50.9 Å². The molecule has 4 unspecified atom stereocenters. The lowest BCUT2D eigenvalue weighted by molar-refractivity contribution is -0.145. The Kier molecular flexibility index (Phi) is 5.59. The minimum atomic E-state index is -4.04. The molecule has 5 atom stereocenters. The molecule has 3 fully saturated rings. The van der Waals surface area contributed by atoms with Crippen LogP contribution in [-0.4, -0.2) is 54.1 Å². The van der Waals surface area contributed by atoms with Crippen LogP contribution in [0.1, 0.15) is 25.7 Å². The average Bonchev–Trinajstić information content (AvgIpc) is 3.35. The number of nitrogens with one attached hydrogen (secondary N) is 1. The summed E-state index contributed by atoms with van der Waals surface area (Å²) in [5, 5.41) is 12.6. The van der Waals surface area contributed by atoms with Gasteiger partial charge < -0.3 is 10.4 Å². The van der Waals surface area contributed by atoms with Gasteiger partial charge in [-0.25, -0.2) is 8.42 Å². The number of carboxylic acid groups (broad SMARTS) is 1. The molecule has 3 aliphatic rings. The Morgan fingerprint density at radius 2 is 1.70 bits per heavy atom. The number of benzene rings is 1. The second-order valence-electron chi connectivity index (χ2n) is 7.97. The van der Waals surface area contributed by atoms with Gasteiger partial charge in [0.2, 0.25) is 15.9 Å². The standard InChI is InChI=1S/C19H20Cl2N2O6S/c20-9-6-10(21)8-11(7-9)30(28,29)23-5-1-2-14(23)18(25)22-16-13-4-3-12(17(13)24)15(16)19(26)27/h6-8,12-16H,1-5H2,(H,22,25)(H,26,27)/t12?,13?,14-,15?,16?/m0/s1. The van der Waals surface area contributed by atoms with E-state index in [1.165, 1.54) is 18.2 Å². The fraction of sp³-hybridized carbons (Fsp3) is 0.526. The van der Waals surface area contributed by atoms with Crippen LogP contribution in [0.5, 0.6) is 0 Å². The summed E-state index contributed by atoms with van der Waals surface area (Å²) in [7, 11) is -4.04. The Labute approximate surface area is 183 Å². The number of amides is 1. The highest BCUT2D eigenvalue weighted by Gasteiger charge is 2.58. The van der Waals surface area contributed by atoms with E-state index >= 15 is 0 Å². The molecule has 162 valence electrons. The Balaban J connectivity index is 1.57. The Bertz CT molecular complexity index is 1010. The normalized spacial score (nSPS) is 31.3. The smallest absolute Gasteiger partial charge is 0.309 e. The molecule has 2 bridgehead atoms. The van der Waals surface area contributed by atoms with Crippen LogP contribution in [0, 0.1) is 17.8 Å². The number of rotatable bonds is 5. The quantitative estimate of drug-likeness (QED) is 0.672. The van der Waals surface area contributed by atoms with Gasteiger partial charge in [-0.05, 0) is 43.9 Å². The van der Waals surface area contributed by atoms with Crippen LogP contribution in [0.2, 0.25) is 10.0 Å². The van der Waals surface area contributed by atoms with Gasteiger partial charge in [-0.2, -0.15) is 4.31 Å². The average molecular weight is 475 g/mol. The molecule has 1 saturated heterocycles. The van der Waals surface area contributed by atoms with E-state index in [4.69, 9.17) is 23.2 Å². The van der Waals surface area contributed by atoms with Crippen molar-refractivity contribution in [2.75, 3.05) is 6.54 Å². The van der Waals surface area contributed by atoms with Crippen molar-refractivity contribution in [1.82, 2.24) is 9.62 Å². The minimum absolute atomic E-state index is 0.113. The van der Waals surface area contributed by atoms with Gasteiger partial charge in [0.1, 0.15) is 11.8 Å². The van der Waals surface area contributed by atoms with Crippen LogP contribution in [0.25, 0.3) is 0 Å². The number of aliphatic carboxylic acids is 1. The molecule has 1 aromatic carbocycles. The predicted molar refractivity (Wildman–Crippen MR) is 108 cm³/mol. The topological polar surface area (TPSA) is 121 Å². The van der Waals surface area contributed by atoms with E-state index in [0.29, 0.717) is 25.7 Å². The Hall–Kier alpha value is -1.68. The van der Waals surface area contributed by atoms with Crippen LogP contribution in [0.3, 0.4) is 0 Å². The summed E-state index contributed by atoms with van der Waals surface area (Å²) >= 11 is 11.9. The first kappa shape index (κ1) is 21.5. The molecular weight excluding hydrogens is 455 g/mol. The van der Waals surface area contributed by atoms with Gasteiger partial charge in [0.25, 0.3) is 0 Å². The Morgan fingerprint density at radius 1 is 1.07 bits per heavy atom. The molecule has 1 aliphatic heterocycles. The van der Waals surface area contributed by atoms with E-state index < -0.39 is 51.7 Å². The number of carbonyl (C=O) groups is 3. The van der Waals surface area contributed by atoms with Crippen LogP contribution >= 0.6 is 23.2 Å². The maximum absolute atomic E-state index is 13.1. The summed E-state index contributed by atoms with van der Waals surface area (Å²) in [6.45, 7) is 0.141. The number of fused-ring (bicyclic) bond motifs is 2. The highest BCUT2D eigenvalue weighted by molar-refractivity contribution is 7.89. The molecule has 4 rings (SSSR count). The summed E-state index contributed by atoms with van der Waals surface area (Å²) in [6, 6.07) is 2.15. The van der Waals surface area contributed by atoms with Gasteiger partial charge in [-0.1, -0.05) is 23.2 Å². The van der Waals surface area contributed by atoms with Gasteiger partial charge in [0.05, 0.1) is 16.9 Å². The first-order valence-corrected chi connectivity index (χ1v) is 11.9. The SMILES string of the molecule is O=C1C2CCC1C(C(=O)O)C2NC(=O)[C@@H]1CCCN1S(=O)(=O)c1cc(Cl)cc(Cl)c1. The summed E-state index contributed by atoms with van der Waals surface area (Å²) in [5.74, 6) is -3.92. The van der Waals surface area contributed by atoms with Gasteiger partial charge in [-0.15, -0.1) is 0 Å². The summed E-state index contributed by atoms with van der Waals surface area (Å²) in [4.78, 5) is 36.9. The predicted octanol–water partition coefficient (Wildman–Crippen LogP) is 1.94. The van der Waals surface area contributed by atoms with E-state index in [0.717, 1.165) is 4.31 Å². The van der Waals surface area contributed by atoms with E-state index in [1.54, 1.807) is 0 Å². The maximum atomic E-state index is 13.1. The zero-order chi connectivity index (χ0) is 21.8. The number of hydrogen-bond acceptors (Lipinski definition) is 5. The molecule has 1 amide bonds. The molecule has 0 aromatic heterocycles. The maximum Gasteiger partial charge on any atom is 0.309 e. The molecule has 2 aliphatic carbocycles. The highest BCUT2D eigenvalue weighted by atomic mass is 35.5. The van der Waals surface area contributed by atoms with Gasteiger partial charge >= 0.3 is 5.97 Å². The number of sulfonamides is 1. The molecule has 11 heteroatoms. The van der Waals surface area contributed by atoms with Crippen molar-refractivity contribution in [3.05, 3.63) is 28.2 Å². The van der Waals surface area contributed by atoms with Gasteiger partial charge in [0.15, 0.2) is 0 Å². The molecule has 1 heterocycles. The lowest BCUT2D eigenvalue weighted by atomic mass is 9.84. The summed E-state index contributed by atoms with van der Waals surface area (Å²) in [6.07, 6.45) is 1.81. The molecule has 1 aromatic rings. The molecular formula is C19H20Cl2N2O6S.